The second-order valence-electron chi connectivity index (χ2n) is 4.37. The molecule has 0 saturated carbocycles. The first-order valence-corrected chi connectivity index (χ1v) is 8.13. The van der Waals surface area contributed by atoms with E-state index in [1.807, 2.05) is 12.1 Å². The van der Waals surface area contributed by atoms with Gasteiger partial charge in [0, 0.05) is 20.9 Å². The molecule has 112 valence electrons. The van der Waals surface area contributed by atoms with E-state index >= 15 is 0 Å². The van der Waals surface area contributed by atoms with Gasteiger partial charge in [-0.3, -0.25) is 0 Å². The van der Waals surface area contributed by atoms with Gasteiger partial charge < -0.3 is 0 Å². The molecule has 0 saturated heterocycles. The van der Waals surface area contributed by atoms with E-state index in [0.717, 1.165) is 4.48 Å². The molecule has 1 aromatic rings. The van der Waals surface area contributed by atoms with Crippen LogP contribution in [0.25, 0.3) is 0 Å². The van der Waals surface area contributed by atoms with E-state index < -0.39 is 5.67 Å². The molecule has 0 fully saturated rings. The van der Waals surface area contributed by atoms with Gasteiger partial charge in [-0.1, -0.05) is 50.1 Å². The summed E-state index contributed by atoms with van der Waals surface area (Å²) in [6.45, 7) is 0. The Hall–Kier alpha value is -0.700. The summed E-state index contributed by atoms with van der Waals surface area (Å²) in [5.74, 6) is -0.312. The van der Waals surface area contributed by atoms with Gasteiger partial charge in [-0.2, -0.15) is 5.26 Å². The Morgan fingerprint density at radius 2 is 2.10 bits per heavy atom. The van der Waals surface area contributed by atoms with Crippen molar-refractivity contribution in [3.63, 3.8) is 0 Å². The smallest absolute Gasteiger partial charge is 0.147 e. The Morgan fingerprint density at radius 1 is 1.38 bits per heavy atom. The summed E-state index contributed by atoms with van der Waals surface area (Å²) in [6, 6.07) is 6.56. The van der Waals surface area contributed by atoms with E-state index in [1.54, 1.807) is 18.2 Å². The lowest BCUT2D eigenvalue weighted by Crippen LogP contribution is -2.22. The SMILES string of the molecule is FC1(CCl)C=C(Br)C=CC1.N#CCc1ccc(Br)cc1F. The minimum atomic E-state index is -1.34. The van der Waals surface area contributed by atoms with Gasteiger partial charge in [0.05, 0.1) is 18.4 Å². The minimum Gasteiger partial charge on any atom is -0.238 e. The molecule has 0 spiro atoms. The van der Waals surface area contributed by atoms with Crippen LogP contribution in [-0.2, 0) is 6.42 Å². The maximum absolute atomic E-state index is 13.3. The Kier molecular flexibility index (Phi) is 7.58. The molecule has 1 atom stereocenters. The van der Waals surface area contributed by atoms with Crippen LogP contribution in [-0.4, -0.2) is 11.5 Å². The van der Waals surface area contributed by atoms with Gasteiger partial charge in [0.25, 0.3) is 0 Å². The number of allylic oxidation sites excluding steroid dienone is 4. The first kappa shape index (κ1) is 18.3. The van der Waals surface area contributed by atoms with Crippen LogP contribution in [0.5, 0.6) is 0 Å². The molecule has 1 aromatic carbocycles. The lowest BCUT2D eigenvalue weighted by atomic mass is 10.00. The first-order chi connectivity index (χ1) is 9.90. The van der Waals surface area contributed by atoms with E-state index in [1.165, 1.54) is 12.1 Å². The highest BCUT2D eigenvalue weighted by molar-refractivity contribution is 9.12. The van der Waals surface area contributed by atoms with Crippen molar-refractivity contribution in [2.75, 3.05) is 5.88 Å². The van der Waals surface area contributed by atoms with Crippen molar-refractivity contribution in [3.05, 3.63) is 56.8 Å². The van der Waals surface area contributed by atoms with Crippen molar-refractivity contribution in [2.45, 2.75) is 18.5 Å². The molecule has 6 heteroatoms. The van der Waals surface area contributed by atoms with Gasteiger partial charge in [-0.15, -0.1) is 11.6 Å². The van der Waals surface area contributed by atoms with Gasteiger partial charge in [0.15, 0.2) is 0 Å². The van der Waals surface area contributed by atoms with E-state index in [2.05, 4.69) is 31.9 Å². The molecule has 0 radical (unpaired) electrons. The highest BCUT2D eigenvalue weighted by Crippen LogP contribution is 2.28. The van der Waals surface area contributed by atoms with E-state index in [0.29, 0.717) is 16.5 Å². The molecule has 1 nitrogen and oxygen atoms in total. The Bertz CT molecular complexity index is 596. The third-order valence-electron chi connectivity index (χ3n) is 2.64. The van der Waals surface area contributed by atoms with E-state index in [4.69, 9.17) is 16.9 Å². The molecule has 0 N–H and O–H groups in total. The Balaban J connectivity index is 0.000000211. The third kappa shape index (κ3) is 6.29. The van der Waals surface area contributed by atoms with Crippen LogP contribution >= 0.6 is 43.5 Å². The molecule has 1 unspecified atom stereocenters. The average molecular weight is 440 g/mol. The molecule has 0 bridgehead atoms. The number of nitrogens with zero attached hydrogens (tertiary/aromatic N) is 1. The van der Waals surface area contributed by atoms with Gasteiger partial charge in [0.2, 0.25) is 0 Å². The molecule has 0 aromatic heterocycles. The first-order valence-electron chi connectivity index (χ1n) is 6.01. The maximum Gasteiger partial charge on any atom is 0.147 e. The maximum atomic E-state index is 13.3. The van der Waals surface area contributed by atoms with Gasteiger partial charge in [0.1, 0.15) is 11.5 Å². The van der Waals surface area contributed by atoms with Crippen molar-refractivity contribution < 1.29 is 8.78 Å². The summed E-state index contributed by atoms with van der Waals surface area (Å²) in [4.78, 5) is 0. The van der Waals surface area contributed by atoms with Crippen molar-refractivity contribution in [1.29, 1.82) is 5.26 Å². The fourth-order valence-electron chi connectivity index (χ4n) is 1.56. The van der Waals surface area contributed by atoms with Gasteiger partial charge in [-0.05, 0) is 18.2 Å². The topological polar surface area (TPSA) is 23.8 Å². The van der Waals surface area contributed by atoms with Crippen LogP contribution in [0.3, 0.4) is 0 Å². The summed E-state index contributed by atoms with van der Waals surface area (Å²) in [5.41, 5.74) is -0.898. The van der Waals surface area contributed by atoms with Crippen molar-refractivity contribution in [1.82, 2.24) is 0 Å². The molecule has 21 heavy (non-hydrogen) atoms. The van der Waals surface area contributed by atoms with Crippen LogP contribution < -0.4 is 0 Å². The Morgan fingerprint density at radius 3 is 2.57 bits per heavy atom. The standard InChI is InChI=1S/C8H5BrFN.C7H7BrClF/c9-7-2-1-6(3-4-11)8(10)5-7;8-6-2-1-3-7(10,4-6)5-9/h1-2,5H,3H2;1-2,4H,3,5H2. The number of hydrogen-bond donors (Lipinski definition) is 0. The number of hydrogen-bond acceptors (Lipinski definition) is 1. The fraction of sp³-hybridized carbons (Fsp3) is 0.267. The number of rotatable bonds is 2. The van der Waals surface area contributed by atoms with Gasteiger partial charge >= 0.3 is 0 Å². The second-order valence-corrected chi connectivity index (χ2v) is 6.47. The summed E-state index contributed by atoms with van der Waals surface area (Å²) >= 11 is 11.7. The largest absolute Gasteiger partial charge is 0.238 e. The van der Waals surface area contributed by atoms with Crippen molar-refractivity contribution >= 4 is 43.5 Å². The van der Waals surface area contributed by atoms with Crippen molar-refractivity contribution in [3.8, 4) is 6.07 Å². The molecular formula is C15H12Br2ClF2N. The van der Waals surface area contributed by atoms with Crippen LogP contribution in [0, 0.1) is 17.1 Å². The fourth-order valence-corrected chi connectivity index (χ4v) is 2.68. The highest BCUT2D eigenvalue weighted by atomic mass is 79.9. The van der Waals surface area contributed by atoms with Crippen molar-refractivity contribution in [2.24, 2.45) is 0 Å². The zero-order valence-corrected chi connectivity index (χ0v) is 14.9. The molecule has 0 heterocycles. The highest BCUT2D eigenvalue weighted by Gasteiger charge is 2.26. The van der Waals surface area contributed by atoms with Crippen LogP contribution in [0.15, 0.2) is 45.4 Å². The zero-order chi connectivity index (χ0) is 15.9. The van der Waals surface area contributed by atoms with Crippen LogP contribution in [0.4, 0.5) is 8.78 Å². The minimum absolute atomic E-state index is 0.0203. The summed E-state index contributed by atoms with van der Waals surface area (Å²) in [5, 5.41) is 8.29. The predicted molar refractivity (Wildman–Crippen MR) is 88.7 cm³/mol. The molecule has 2 rings (SSSR count). The lowest BCUT2D eigenvalue weighted by Gasteiger charge is -2.19. The van der Waals surface area contributed by atoms with Gasteiger partial charge in [-0.25, -0.2) is 8.78 Å². The normalized spacial score (nSPS) is 20.1. The number of benzene rings is 1. The average Bonchev–Trinajstić information content (AvgIpc) is 2.43. The van der Waals surface area contributed by atoms with E-state index in [9.17, 15) is 8.78 Å². The van der Waals surface area contributed by atoms with E-state index in [-0.39, 0.29) is 18.1 Å². The third-order valence-corrected chi connectivity index (χ3v) is 4.07. The number of alkyl halides is 2. The molecule has 0 amide bonds. The molecular weight excluding hydrogens is 427 g/mol. The Labute approximate surface area is 144 Å². The number of halogens is 5. The predicted octanol–water partition coefficient (Wildman–Crippen LogP) is 5.83. The summed E-state index contributed by atoms with van der Waals surface area (Å²) in [7, 11) is 0. The summed E-state index contributed by atoms with van der Waals surface area (Å²) in [6.07, 6.45) is 5.60. The van der Waals surface area contributed by atoms with Crippen LogP contribution in [0.2, 0.25) is 0 Å². The zero-order valence-electron chi connectivity index (χ0n) is 10.9. The van der Waals surface area contributed by atoms with Crippen LogP contribution in [0.1, 0.15) is 12.0 Å². The number of nitriles is 1. The molecule has 1 aliphatic rings. The molecule has 1 aliphatic carbocycles. The monoisotopic (exact) mass is 437 g/mol. The quantitative estimate of drug-likeness (QED) is 0.532. The second kappa shape index (κ2) is 8.67. The summed E-state index contributed by atoms with van der Waals surface area (Å²) < 4.78 is 27.6. The molecule has 0 aliphatic heterocycles. The lowest BCUT2D eigenvalue weighted by molar-refractivity contribution is 0.264.